The quantitative estimate of drug-likeness (QED) is 0.793. The number of nitrogens with zero attached hydrogens (tertiary/aromatic N) is 2. The molecule has 10 heteroatoms. The van der Waals surface area contributed by atoms with E-state index in [1.54, 1.807) is 0 Å². The highest BCUT2D eigenvalue weighted by Crippen LogP contribution is 2.20. The first kappa shape index (κ1) is 20.5. The highest BCUT2D eigenvalue weighted by atomic mass is 35.5. The third-order valence-electron chi connectivity index (χ3n) is 4.41. The minimum Gasteiger partial charge on any atom is -0.376 e. The van der Waals surface area contributed by atoms with Gasteiger partial charge in [-0.2, -0.15) is 4.31 Å². The van der Waals surface area contributed by atoms with Gasteiger partial charge >= 0.3 is 0 Å². The van der Waals surface area contributed by atoms with Crippen LogP contribution in [0.25, 0.3) is 0 Å². The van der Waals surface area contributed by atoms with E-state index in [1.165, 1.54) is 39.5 Å². The fourth-order valence-electron chi connectivity index (χ4n) is 2.83. The molecule has 0 unspecified atom stereocenters. The molecular weight excluding hydrogens is 412 g/mol. The molecule has 2 aromatic rings. The standard InChI is InChI=1S/C18H18ClF2N3O3S/c19-13-1-4-15(5-2-13)28(26,27)24-9-7-23(8-10-24)18(25)12-22-14-3-6-16(20)17(21)11-14/h1-6,11,22H,7-10,12H2. The van der Waals surface area contributed by atoms with Crippen molar-refractivity contribution < 1.29 is 22.0 Å². The minimum absolute atomic E-state index is 0.102. The van der Waals surface area contributed by atoms with Crippen LogP contribution in [0.5, 0.6) is 0 Å². The first-order valence-electron chi connectivity index (χ1n) is 8.50. The summed E-state index contributed by atoms with van der Waals surface area (Å²) in [5.74, 6) is -2.22. The molecule has 6 nitrogen and oxygen atoms in total. The number of rotatable bonds is 5. The zero-order chi connectivity index (χ0) is 20.3. The molecule has 1 fully saturated rings. The predicted octanol–water partition coefficient (Wildman–Crippen LogP) is 2.56. The van der Waals surface area contributed by atoms with Gasteiger partial charge in [0, 0.05) is 43.0 Å². The van der Waals surface area contributed by atoms with Crippen molar-refractivity contribution in [3.05, 3.63) is 59.1 Å². The van der Waals surface area contributed by atoms with Crippen molar-refractivity contribution in [3.8, 4) is 0 Å². The van der Waals surface area contributed by atoms with Crippen molar-refractivity contribution >= 4 is 33.2 Å². The summed E-state index contributed by atoms with van der Waals surface area (Å²) in [7, 11) is -3.65. The molecule has 0 spiro atoms. The Morgan fingerprint density at radius 1 is 1.00 bits per heavy atom. The van der Waals surface area contributed by atoms with Crippen LogP contribution in [0.2, 0.25) is 5.02 Å². The van der Waals surface area contributed by atoms with Gasteiger partial charge in [-0.1, -0.05) is 11.6 Å². The number of amides is 1. The number of benzene rings is 2. The van der Waals surface area contributed by atoms with Crippen LogP contribution in [0, 0.1) is 11.6 Å². The lowest BCUT2D eigenvalue weighted by molar-refractivity contribution is -0.130. The van der Waals surface area contributed by atoms with Gasteiger partial charge in [-0.25, -0.2) is 17.2 Å². The summed E-state index contributed by atoms with van der Waals surface area (Å²) in [5.41, 5.74) is 0.288. The van der Waals surface area contributed by atoms with E-state index in [2.05, 4.69) is 5.32 Å². The second kappa shape index (κ2) is 8.42. The summed E-state index contributed by atoms with van der Waals surface area (Å²) in [4.78, 5) is 14.0. The Balaban J connectivity index is 1.55. The second-order valence-electron chi connectivity index (χ2n) is 6.22. The molecule has 1 amide bonds. The third-order valence-corrected chi connectivity index (χ3v) is 6.57. The molecule has 2 aromatic carbocycles. The van der Waals surface area contributed by atoms with Crippen LogP contribution in [0.4, 0.5) is 14.5 Å². The number of halogens is 3. The Morgan fingerprint density at radius 3 is 2.25 bits per heavy atom. The zero-order valence-electron chi connectivity index (χ0n) is 14.7. The lowest BCUT2D eigenvalue weighted by Crippen LogP contribution is -2.51. The van der Waals surface area contributed by atoms with Crippen LogP contribution in [-0.4, -0.2) is 56.3 Å². The summed E-state index contributed by atoms with van der Waals surface area (Å²) < 4.78 is 52.7. The molecule has 0 atom stereocenters. The second-order valence-corrected chi connectivity index (χ2v) is 8.60. The molecule has 0 aliphatic carbocycles. The first-order valence-corrected chi connectivity index (χ1v) is 10.3. The molecule has 0 radical (unpaired) electrons. The Bertz CT molecular complexity index is 963. The fraction of sp³-hybridized carbons (Fsp3) is 0.278. The van der Waals surface area contributed by atoms with Crippen LogP contribution < -0.4 is 5.32 Å². The number of sulfonamides is 1. The maximum absolute atomic E-state index is 13.2. The number of nitrogens with one attached hydrogen (secondary N) is 1. The maximum atomic E-state index is 13.2. The average molecular weight is 430 g/mol. The molecule has 0 bridgehead atoms. The monoisotopic (exact) mass is 429 g/mol. The van der Waals surface area contributed by atoms with Gasteiger partial charge in [0.05, 0.1) is 11.4 Å². The summed E-state index contributed by atoms with van der Waals surface area (Å²) in [6.45, 7) is 0.717. The molecule has 0 saturated carbocycles. The molecule has 1 aliphatic rings. The highest BCUT2D eigenvalue weighted by molar-refractivity contribution is 7.89. The van der Waals surface area contributed by atoms with Crippen molar-refractivity contribution in [2.24, 2.45) is 0 Å². The van der Waals surface area contributed by atoms with Crippen LogP contribution in [0.3, 0.4) is 0 Å². The Morgan fingerprint density at radius 2 is 1.64 bits per heavy atom. The average Bonchev–Trinajstić information content (AvgIpc) is 2.69. The minimum atomic E-state index is -3.65. The summed E-state index contributed by atoms with van der Waals surface area (Å²) in [5, 5.41) is 3.19. The number of carbonyl (C=O) groups excluding carboxylic acids is 1. The summed E-state index contributed by atoms with van der Waals surface area (Å²) in [6, 6.07) is 9.20. The largest absolute Gasteiger partial charge is 0.376 e. The molecule has 1 N–H and O–H groups in total. The summed E-state index contributed by atoms with van der Waals surface area (Å²) >= 11 is 5.79. The van der Waals surface area contributed by atoms with E-state index < -0.39 is 21.7 Å². The normalized spacial score (nSPS) is 15.5. The lowest BCUT2D eigenvalue weighted by atomic mass is 10.3. The van der Waals surface area contributed by atoms with Gasteiger partial charge in [-0.15, -0.1) is 0 Å². The van der Waals surface area contributed by atoms with E-state index >= 15 is 0 Å². The number of hydrogen-bond acceptors (Lipinski definition) is 4. The molecule has 1 heterocycles. The van der Waals surface area contributed by atoms with Crippen LogP contribution >= 0.6 is 11.6 Å². The Kier molecular flexibility index (Phi) is 6.17. The molecular formula is C18H18ClF2N3O3S. The van der Waals surface area contributed by atoms with E-state index in [1.807, 2.05) is 0 Å². The van der Waals surface area contributed by atoms with Crippen molar-refractivity contribution in [3.63, 3.8) is 0 Å². The maximum Gasteiger partial charge on any atom is 0.243 e. The fourth-order valence-corrected chi connectivity index (χ4v) is 4.38. The number of hydrogen-bond donors (Lipinski definition) is 1. The van der Waals surface area contributed by atoms with Gasteiger partial charge in [0.25, 0.3) is 0 Å². The number of piperazine rings is 1. The van der Waals surface area contributed by atoms with Crippen molar-refractivity contribution in [2.75, 3.05) is 38.0 Å². The SMILES string of the molecule is O=C(CNc1ccc(F)c(F)c1)N1CCN(S(=O)(=O)c2ccc(Cl)cc2)CC1. The van der Waals surface area contributed by atoms with Gasteiger partial charge in [-0.05, 0) is 36.4 Å². The van der Waals surface area contributed by atoms with E-state index in [0.717, 1.165) is 12.1 Å². The topological polar surface area (TPSA) is 69.7 Å². The third kappa shape index (κ3) is 4.60. The molecule has 1 aliphatic heterocycles. The first-order chi connectivity index (χ1) is 13.3. The molecule has 1 saturated heterocycles. The molecule has 0 aromatic heterocycles. The predicted molar refractivity (Wildman–Crippen MR) is 102 cm³/mol. The van der Waals surface area contributed by atoms with E-state index in [9.17, 15) is 22.0 Å². The van der Waals surface area contributed by atoms with Gasteiger partial charge in [0.1, 0.15) is 0 Å². The van der Waals surface area contributed by atoms with Crippen LogP contribution in [-0.2, 0) is 14.8 Å². The van der Waals surface area contributed by atoms with Crippen molar-refractivity contribution in [2.45, 2.75) is 4.90 Å². The Labute approximate surface area is 166 Å². The highest BCUT2D eigenvalue weighted by Gasteiger charge is 2.29. The molecule has 150 valence electrons. The van der Waals surface area contributed by atoms with Gasteiger partial charge in [-0.3, -0.25) is 4.79 Å². The van der Waals surface area contributed by atoms with Crippen molar-refractivity contribution in [1.29, 1.82) is 0 Å². The smallest absolute Gasteiger partial charge is 0.243 e. The van der Waals surface area contributed by atoms with Crippen LogP contribution in [0.15, 0.2) is 47.4 Å². The van der Waals surface area contributed by atoms with E-state index in [4.69, 9.17) is 11.6 Å². The molecule has 3 rings (SSSR count). The zero-order valence-corrected chi connectivity index (χ0v) is 16.3. The Hall–Kier alpha value is -2.23. The lowest BCUT2D eigenvalue weighted by Gasteiger charge is -2.34. The van der Waals surface area contributed by atoms with E-state index in [-0.39, 0.29) is 49.2 Å². The summed E-state index contributed by atoms with van der Waals surface area (Å²) in [6.07, 6.45) is 0. The number of carbonyl (C=O) groups is 1. The van der Waals surface area contributed by atoms with E-state index in [0.29, 0.717) is 5.02 Å². The molecule has 28 heavy (non-hydrogen) atoms. The van der Waals surface area contributed by atoms with Gasteiger partial charge < -0.3 is 10.2 Å². The van der Waals surface area contributed by atoms with Crippen LogP contribution in [0.1, 0.15) is 0 Å². The number of anilines is 1. The van der Waals surface area contributed by atoms with Crippen molar-refractivity contribution in [1.82, 2.24) is 9.21 Å². The van der Waals surface area contributed by atoms with Gasteiger partial charge in [0.2, 0.25) is 15.9 Å². The van der Waals surface area contributed by atoms with Gasteiger partial charge in [0.15, 0.2) is 11.6 Å².